The van der Waals surface area contributed by atoms with Crippen LogP contribution in [-0.4, -0.2) is 29.3 Å². The maximum atomic E-state index is 14.8. The van der Waals surface area contributed by atoms with Gasteiger partial charge in [0.05, 0.1) is 5.57 Å². The van der Waals surface area contributed by atoms with Crippen LogP contribution in [0.5, 0.6) is 0 Å². The minimum Gasteiger partial charge on any atom is -0.330 e. The molecule has 178 valence electrons. The minimum absolute atomic E-state index is 0.00941. The Labute approximate surface area is 195 Å². The Kier molecular flexibility index (Phi) is 5.88. The number of Topliss-reactive ketones (excluding diaryl/α,β-unsaturated/α-hetero) is 1. The molecule has 2 aliphatic carbocycles. The molecule has 1 N–H and O–H groups in total. The van der Waals surface area contributed by atoms with Crippen molar-refractivity contribution in [1.29, 1.82) is 0 Å². The van der Waals surface area contributed by atoms with Gasteiger partial charge in [0.15, 0.2) is 5.78 Å². The van der Waals surface area contributed by atoms with Crippen molar-refractivity contribution < 1.29 is 27.6 Å². The van der Waals surface area contributed by atoms with Crippen molar-refractivity contribution in [3.05, 3.63) is 40.6 Å². The smallest absolute Gasteiger partial charge is 0.330 e. The lowest BCUT2D eigenvalue weighted by molar-refractivity contribution is -0.191. The summed E-state index contributed by atoms with van der Waals surface area (Å²) in [5.74, 6) is -3.60. The highest BCUT2D eigenvalue weighted by Gasteiger charge is 2.72. The van der Waals surface area contributed by atoms with E-state index in [4.69, 9.17) is 11.6 Å². The third-order valence-corrected chi connectivity index (χ3v) is 7.07. The fraction of sp³-hybridized carbons (Fsp3) is 0.542. The summed E-state index contributed by atoms with van der Waals surface area (Å²) in [6.07, 6.45) is -1.95. The van der Waals surface area contributed by atoms with Crippen LogP contribution in [-0.2, 0) is 14.4 Å². The molecule has 0 spiro atoms. The Morgan fingerprint density at radius 2 is 1.67 bits per heavy atom. The zero-order valence-corrected chi connectivity index (χ0v) is 19.3. The van der Waals surface area contributed by atoms with E-state index < -0.39 is 46.2 Å². The highest BCUT2D eigenvalue weighted by atomic mass is 35.5. The Morgan fingerprint density at radius 1 is 1.06 bits per heavy atom. The highest BCUT2D eigenvalue weighted by Crippen LogP contribution is 2.53. The van der Waals surface area contributed by atoms with E-state index in [1.807, 2.05) is 0 Å². The van der Waals surface area contributed by atoms with Crippen molar-refractivity contribution in [1.82, 2.24) is 5.32 Å². The molecule has 1 fully saturated rings. The number of hydrogen-bond donors (Lipinski definition) is 1. The second-order valence-electron chi connectivity index (χ2n) is 9.95. The van der Waals surface area contributed by atoms with E-state index in [1.54, 1.807) is 13.8 Å². The summed E-state index contributed by atoms with van der Waals surface area (Å²) in [7, 11) is 0. The second kappa shape index (κ2) is 8.15. The van der Waals surface area contributed by atoms with Crippen LogP contribution in [0.3, 0.4) is 0 Å². The molecule has 1 saturated carbocycles. The second-order valence-corrected chi connectivity index (χ2v) is 10.4. The number of anilines is 1. The first-order chi connectivity index (χ1) is 15.4. The van der Waals surface area contributed by atoms with Crippen molar-refractivity contribution in [2.24, 2.45) is 11.3 Å². The van der Waals surface area contributed by atoms with Gasteiger partial charge in [-0.3, -0.25) is 19.3 Å². The first-order valence-corrected chi connectivity index (χ1v) is 11.5. The third-order valence-electron chi connectivity index (χ3n) is 6.82. The van der Waals surface area contributed by atoms with Crippen LogP contribution in [0.2, 0.25) is 5.02 Å². The number of ketones is 1. The van der Waals surface area contributed by atoms with Crippen molar-refractivity contribution >= 4 is 34.9 Å². The predicted octanol–water partition coefficient (Wildman–Crippen LogP) is 5.33. The highest BCUT2D eigenvalue weighted by molar-refractivity contribution is 6.30. The van der Waals surface area contributed by atoms with Gasteiger partial charge in [-0.15, -0.1) is 0 Å². The minimum atomic E-state index is -5.20. The molecular formula is C24H26ClF3N2O3. The quantitative estimate of drug-likeness (QED) is 0.633. The lowest BCUT2D eigenvalue weighted by atomic mass is 9.72. The fourth-order valence-electron chi connectivity index (χ4n) is 5.27. The van der Waals surface area contributed by atoms with E-state index in [2.05, 4.69) is 5.32 Å². The molecule has 1 unspecified atom stereocenters. The number of allylic oxidation sites excluding steroid dienone is 1. The fourth-order valence-corrected chi connectivity index (χ4v) is 5.39. The maximum absolute atomic E-state index is 14.8. The van der Waals surface area contributed by atoms with Gasteiger partial charge >= 0.3 is 6.18 Å². The molecule has 0 saturated heterocycles. The van der Waals surface area contributed by atoms with E-state index in [1.165, 1.54) is 24.3 Å². The predicted molar refractivity (Wildman–Crippen MR) is 117 cm³/mol. The molecule has 4 rings (SSSR count). The van der Waals surface area contributed by atoms with Gasteiger partial charge < -0.3 is 5.32 Å². The van der Waals surface area contributed by atoms with Gasteiger partial charge in [0.1, 0.15) is 0 Å². The Balaban J connectivity index is 1.88. The van der Waals surface area contributed by atoms with Gasteiger partial charge in [0, 0.05) is 28.7 Å². The molecule has 3 aliphatic rings. The summed E-state index contributed by atoms with van der Waals surface area (Å²) >= 11 is 5.94. The monoisotopic (exact) mass is 482 g/mol. The summed E-state index contributed by atoms with van der Waals surface area (Å²) < 4.78 is 44.4. The maximum Gasteiger partial charge on any atom is 0.425 e. The SMILES string of the molecule is CC1(C)CC(=O)C2=C(C1)N(c1ccc(Cl)cc1)C(=O)C2(NC(=O)C1CCCCC1)C(F)(F)F. The van der Waals surface area contributed by atoms with Crippen LogP contribution in [0.25, 0.3) is 0 Å². The summed E-state index contributed by atoms with van der Waals surface area (Å²) in [5.41, 5.74) is -4.54. The molecule has 1 aliphatic heterocycles. The number of nitrogens with zero attached hydrogens (tertiary/aromatic N) is 1. The van der Waals surface area contributed by atoms with E-state index >= 15 is 0 Å². The van der Waals surface area contributed by atoms with Crippen LogP contribution >= 0.6 is 11.6 Å². The first-order valence-electron chi connectivity index (χ1n) is 11.1. The molecule has 2 amide bonds. The van der Waals surface area contributed by atoms with E-state index in [-0.39, 0.29) is 24.2 Å². The average Bonchev–Trinajstić information content (AvgIpc) is 2.97. The number of carbonyl (C=O) groups is 3. The van der Waals surface area contributed by atoms with E-state index in [0.717, 1.165) is 24.2 Å². The van der Waals surface area contributed by atoms with Gasteiger partial charge in [-0.25, -0.2) is 0 Å². The molecule has 1 aromatic rings. The number of hydrogen-bond acceptors (Lipinski definition) is 3. The zero-order valence-electron chi connectivity index (χ0n) is 18.5. The summed E-state index contributed by atoms with van der Waals surface area (Å²) in [6.45, 7) is 3.54. The van der Waals surface area contributed by atoms with Crippen LogP contribution in [0.1, 0.15) is 58.8 Å². The summed E-state index contributed by atoms with van der Waals surface area (Å²) in [6, 6.07) is 5.81. The Bertz CT molecular complexity index is 1030. The largest absolute Gasteiger partial charge is 0.425 e. The number of amides is 2. The zero-order chi connectivity index (χ0) is 24.2. The van der Waals surface area contributed by atoms with Crippen LogP contribution in [0, 0.1) is 11.3 Å². The first kappa shape index (κ1) is 23.8. The molecule has 9 heteroatoms. The average molecular weight is 483 g/mol. The third kappa shape index (κ3) is 3.96. The van der Waals surface area contributed by atoms with Gasteiger partial charge in [0.2, 0.25) is 11.4 Å². The van der Waals surface area contributed by atoms with E-state index in [9.17, 15) is 27.6 Å². The molecule has 0 bridgehead atoms. The number of rotatable bonds is 3. The Morgan fingerprint density at radius 3 is 2.24 bits per heavy atom. The summed E-state index contributed by atoms with van der Waals surface area (Å²) in [4.78, 5) is 40.8. The van der Waals surface area contributed by atoms with Gasteiger partial charge in [-0.2, -0.15) is 13.2 Å². The molecule has 1 heterocycles. The van der Waals surface area contributed by atoms with Crippen molar-refractivity contribution in [3.63, 3.8) is 0 Å². The number of alkyl halides is 3. The van der Waals surface area contributed by atoms with Crippen molar-refractivity contribution in [2.75, 3.05) is 4.90 Å². The van der Waals surface area contributed by atoms with Gasteiger partial charge in [-0.05, 0) is 48.9 Å². The lowest BCUT2D eigenvalue weighted by Gasteiger charge is -2.36. The Hall–Kier alpha value is -2.35. The standard InChI is InChI=1S/C24H26ClF3N2O3/c1-22(2)12-17-19(18(31)13-22)23(24(26,27)28,29-20(32)14-6-4-3-5-7-14)21(33)30(17)16-10-8-15(25)9-11-16/h8-11,14H,3-7,12-13H2,1-2H3,(H,29,32). The van der Waals surface area contributed by atoms with Gasteiger partial charge in [-0.1, -0.05) is 44.7 Å². The van der Waals surface area contributed by atoms with Crippen molar-refractivity contribution in [3.8, 4) is 0 Å². The van der Waals surface area contributed by atoms with Crippen LogP contribution in [0.15, 0.2) is 35.5 Å². The number of halogens is 4. The molecule has 1 atom stereocenters. The topological polar surface area (TPSA) is 66.5 Å². The number of carbonyl (C=O) groups excluding carboxylic acids is 3. The number of benzene rings is 1. The van der Waals surface area contributed by atoms with Crippen LogP contribution < -0.4 is 10.2 Å². The molecule has 5 nitrogen and oxygen atoms in total. The van der Waals surface area contributed by atoms with Crippen molar-refractivity contribution in [2.45, 2.75) is 70.5 Å². The van der Waals surface area contributed by atoms with E-state index in [0.29, 0.717) is 17.9 Å². The van der Waals surface area contributed by atoms with Crippen LogP contribution in [0.4, 0.5) is 18.9 Å². The lowest BCUT2D eigenvalue weighted by Crippen LogP contribution is -2.67. The molecule has 0 aromatic heterocycles. The van der Waals surface area contributed by atoms with Gasteiger partial charge in [0.25, 0.3) is 5.91 Å². The molecular weight excluding hydrogens is 457 g/mol. The normalized spacial score (nSPS) is 25.9. The summed E-state index contributed by atoms with van der Waals surface area (Å²) in [5, 5.41) is 2.41. The molecule has 1 aromatic carbocycles. The molecule has 33 heavy (non-hydrogen) atoms. The number of nitrogens with one attached hydrogen (secondary N) is 1. The molecule has 0 radical (unpaired) electrons.